The number of carbonyl (C=O) groups is 1. The smallest absolute Gasteiger partial charge is 0.282 e. The molecule has 8 heteroatoms. The van der Waals surface area contributed by atoms with Gasteiger partial charge < -0.3 is 15.1 Å². The predicted octanol–water partition coefficient (Wildman–Crippen LogP) is 1.07. The zero-order valence-corrected chi connectivity index (χ0v) is 16.3. The Kier molecular flexibility index (Phi) is 6.59. The summed E-state index contributed by atoms with van der Waals surface area (Å²) in [5, 5.41) is 3.08. The standard InChI is InChI=1S/C20H21ClF3N3O/c1-13(20(28)25-17-7-6-16(22)18(23)19(17)24)27-10-8-26(9-11-27)12-14-2-4-15(21)5-3-14/h2-7,13H,8-12H2,1H3,(H,25,28)/p+2/t13-/m0/s1. The van der Waals surface area contributed by atoms with Gasteiger partial charge in [0, 0.05) is 10.6 Å². The van der Waals surface area contributed by atoms with E-state index >= 15 is 0 Å². The fraction of sp³-hybridized carbons (Fsp3) is 0.350. The average Bonchev–Trinajstić information content (AvgIpc) is 2.70. The monoisotopic (exact) mass is 413 g/mol. The van der Waals surface area contributed by atoms with E-state index in [4.69, 9.17) is 11.6 Å². The lowest BCUT2D eigenvalue weighted by molar-refractivity contribution is -1.02. The molecule has 2 aromatic carbocycles. The van der Waals surface area contributed by atoms with Crippen molar-refractivity contribution in [1.82, 2.24) is 0 Å². The molecular weight excluding hydrogens is 391 g/mol. The topological polar surface area (TPSA) is 38.0 Å². The summed E-state index contributed by atoms with van der Waals surface area (Å²) in [7, 11) is 0. The first-order valence-corrected chi connectivity index (χ1v) is 9.60. The highest BCUT2D eigenvalue weighted by atomic mass is 35.5. The van der Waals surface area contributed by atoms with Gasteiger partial charge in [-0.3, -0.25) is 4.79 Å². The molecule has 1 aliphatic heterocycles. The third-order valence-electron chi connectivity index (χ3n) is 5.27. The maximum atomic E-state index is 13.8. The first-order valence-electron chi connectivity index (χ1n) is 9.22. The zero-order valence-electron chi connectivity index (χ0n) is 15.5. The van der Waals surface area contributed by atoms with E-state index in [0.29, 0.717) is 5.02 Å². The molecule has 1 heterocycles. The van der Waals surface area contributed by atoms with Gasteiger partial charge in [0.2, 0.25) is 0 Å². The van der Waals surface area contributed by atoms with Crippen molar-refractivity contribution in [2.45, 2.75) is 19.5 Å². The first-order chi connectivity index (χ1) is 13.3. The minimum absolute atomic E-state index is 0.345. The summed E-state index contributed by atoms with van der Waals surface area (Å²) in [6.45, 7) is 6.03. The largest absolute Gasteiger partial charge is 0.322 e. The molecule has 0 saturated carbocycles. The molecule has 1 aliphatic rings. The molecule has 28 heavy (non-hydrogen) atoms. The van der Waals surface area contributed by atoms with Crippen LogP contribution < -0.4 is 15.1 Å². The van der Waals surface area contributed by atoms with Crippen LogP contribution in [-0.2, 0) is 11.3 Å². The number of anilines is 1. The van der Waals surface area contributed by atoms with Crippen LogP contribution in [0.2, 0.25) is 5.02 Å². The molecule has 1 saturated heterocycles. The maximum absolute atomic E-state index is 13.8. The summed E-state index contributed by atoms with van der Waals surface area (Å²) in [4.78, 5) is 14.9. The number of piperazine rings is 1. The van der Waals surface area contributed by atoms with Gasteiger partial charge in [0.05, 0.1) is 5.69 Å². The van der Waals surface area contributed by atoms with E-state index in [-0.39, 0.29) is 5.69 Å². The number of amides is 1. The van der Waals surface area contributed by atoms with E-state index in [1.54, 1.807) is 6.92 Å². The van der Waals surface area contributed by atoms with E-state index in [9.17, 15) is 18.0 Å². The summed E-state index contributed by atoms with van der Waals surface area (Å²) in [6, 6.07) is 9.18. The number of rotatable bonds is 5. The molecule has 0 unspecified atom stereocenters. The highest BCUT2D eigenvalue weighted by Gasteiger charge is 2.31. The number of hydrogen-bond donors (Lipinski definition) is 3. The molecule has 150 valence electrons. The van der Waals surface area contributed by atoms with Gasteiger partial charge in [0.1, 0.15) is 32.7 Å². The molecule has 0 radical (unpaired) electrons. The molecule has 3 N–H and O–H groups in total. The summed E-state index contributed by atoms with van der Waals surface area (Å²) in [5.41, 5.74) is 0.865. The molecule has 0 spiro atoms. The quantitative estimate of drug-likeness (QED) is 0.630. The van der Waals surface area contributed by atoms with E-state index in [1.165, 1.54) is 10.5 Å². The minimum atomic E-state index is -1.59. The molecule has 4 nitrogen and oxygen atoms in total. The molecule has 0 aromatic heterocycles. The van der Waals surface area contributed by atoms with Gasteiger partial charge in [-0.05, 0) is 31.2 Å². The van der Waals surface area contributed by atoms with Gasteiger partial charge in [-0.1, -0.05) is 23.7 Å². The molecular formula is C20H23ClF3N3O+2. The fourth-order valence-corrected chi connectivity index (χ4v) is 3.60. The van der Waals surface area contributed by atoms with Gasteiger partial charge in [0.25, 0.3) is 5.91 Å². The number of nitrogens with one attached hydrogen (secondary N) is 3. The Morgan fingerprint density at radius 2 is 1.68 bits per heavy atom. The molecule has 3 rings (SSSR count). The van der Waals surface area contributed by atoms with Crippen LogP contribution >= 0.6 is 11.6 Å². The second kappa shape index (κ2) is 8.94. The lowest BCUT2D eigenvalue weighted by atomic mass is 10.1. The predicted molar refractivity (Wildman–Crippen MR) is 101 cm³/mol. The highest BCUT2D eigenvalue weighted by molar-refractivity contribution is 6.30. The molecule has 1 fully saturated rings. The Labute approximate surface area is 166 Å². The van der Waals surface area contributed by atoms with Crippen molar-refractivity contribution in [1.29, 1.82) is 0 Å². The third-order valence-corrected chi connectivity index (χ3v) is 5.52. The summed E-state index contributed by atoms with van der Waals surface area (Å²) >= 11 is 5.91. The number of quaternary nitrogens is 2. The van der Waals surface area contributed by atoms with Gasteiger partial charge >= 0.3 is 0 Å². The number of hydrogen-bond acceptors (Lipinski definition) is 1. The van der Waals surface area contributed by atoms with Gasteiger partial charge in [0.15, 0.2) is 23.5 Å². The molecule has 0 aliphatic carbocycles. The molecule has 0 bridgehead atoms. The molecule has 2 aromatic rings. The Balaban J connectivity index is 1.53. The first kappa shape index (κ1) is 20.6. The Hall–Kier alpha value is -2.09. The Bertz CT molecular complexity index is 839. The number of benzene rings is 2. The van der Waals surface area contributed by atoms with Gasteiger partial charge in [-0.15, -0.1) is 0 Å². The van der Waals surface area contributed by atoms with Crippen molar-refractivity contribution in [3.63, 3.8) is 0 Å². The third kappa shape index (κ3) is 4.84. The fourth-order valence-electron chi connectivity index (χ4n) is 3.47. The minimum Gasteiger partial charge on any atom is -0.322 e. The number of carbonyl (C=O) groups excluding carboxylic acids is 1. The van der Waals surface area contributed by atoms with Crippen molar-refractivity contribution in [2.75, 3.05) is 31.5 Å². The van der Waals surface area contributed by atoms with Crippen molar-refractivity contribution >= 4 is 23.2 Å². The summed E-state index contributed by atoms with van der Waals surface area (Å²) in [5.74, 6) is -4.67. The van der Waals surface area contributed by atoms with Crippen molar-refractivity contribution in [2.24, 2.45) is 0 Å². The summed E-state index contributed by atoms with van der Waals surface area (Å²) in [6.07, 6.45) is 0. The zero-order chi connectivity index (χ0) is 20.3. The van der Waals surface area contributed by atoms with E-state index in [1.807, 2.05) is 24.3 Å². The van der Waals surface area contributed by atoms with Gasteiger partial charge in [-0.2, -0.15) is 0 Å². The van der Waals surface area contributed by atoms with E-state index in [0.717, 1.165) is 49.8 Å². The van der Waals surface area contributed by atoms with Crippen LogP contribution in [-0.4, -0.2) is 38.1 Å². The second-order valence-corrected chi connectivity index (χ2v) is 7.58. The van der Waals surface area contributed by atoms with Crippen molar-refractivity contribution in [3.05, 3.63) is 64.4 Å². The highest BCUT2D eigenvalue weighted by Crippen LogP contribution is 2.19. The lowest BCUT2D eigenvalue weighted by Gasteiger charge is -2.32. The van der Waals surface area contributed by atoms with Crippen LogP contribution in [0.15, 0.2) is 36.4 Å². The maximum Gasteiger partial charge on any atom is 0.282 e. The van der Waals surface area contributed by atoms with E-state index < -0.39 is 29.4 Å². The Morgan fingerprint density at radius 3 is 2.32 bits per heavy atom. The van der Waals surface area contributed by atoms with Crippen LogP contribution in [0, 0.1) is 17.5 Å². The SMILES string of the molecule is C[C@@H](C(=O)Nc1ccc(F)c(F)c1F)[NH+]1CC[NH+](Cc2ccc(Cl)cc2)CC1. The normalized spacial score (nSPS) is 20.6. The molecule has 1 atom stereocenters. The van der Waals surface area contributed by atoms with Crippen LogP contribution in [0.4, 0.5) is 18.9 Å². The second-order valence-electron chi connectivity index (χ2n) is 7.15. The van der Waals surface area contributed by atoms with Gasteiger partial charge in [-0.25, -0.2) is 13.2 Å². The van der Waals surface area contributed by atoms with E-state index in [2.05, 4.69) is 5.32 Å². The van der Waals surface area contributed by atoms with Crippen LogP contribution in [0.5, 0.6) is 0 Å². The lowest BCUT2D eigenvalue weighted by Crippen LogP contribution is -3.29. The van der Waals surface area contributed by atoms with Crippen molar-refractivity contribution in [3.8, 4) is 0 Å². The number of halogens is 4. The van der Waals surface area contributed by atoms with Crippen molar-refractivity contribution < 1.29 is 27.8 Å². The average molecular weight is 414 g/mol. The Morgan fingerprint density at radius 1 is 1.04 bits per heavy atom. The summed E-state index contributed by atoms with van der Waals surface area (Å²) < 4.78 is 40.1. The van der Waals surface area contributed by atoms with Crippen LogP contribution in [0.25, 0.3) is 0 Å². The molecule has 1 amide bonds. The van der Waals surface area contributed by atoms with Crippen LogP contribution in [0.1, 0.15) is 12.5 Å². The van der Waals surface area contributed by atoms with Crippen LogP contribution in [0.3, 0.4) is 0 Å².